The first-order valence-corrected chi connectivity index (χ1v) is 12.6. The highest BCUT2D eigenvalue weighted by Gasteiger charge is 2.28. The zero-order valence-electron chi connectivity index (χ0n) is 21.7. The van der Waals surface area contributed by atoms with Crippen LogP contribution in [0.1, 0.15) is 35.7 Å². The summed E-state index contributed by atoms with van der Waals surface area (Å²) in [5, 5.41) is 3.08. The molecular weight excluding hydrogens is 470 g/mol. The van der Waals surface area contributed by atoms with Crippen LogP contribution in [0.4, 0.5) is 16.3 Å². The second kappa shape index (κ2) is 11.9. The Bertz CT molecular complexity index is 1180. The van der Waals surface area contributed by atoms with Crippen LogP contribution < -0.4 is 11.1 Å². The number of ether oxygens (including phenoxy) is 1. The van der Waals surface area contributed by atoms with Crippen molar-refractivity contribution >= 4 is 35.0 Å². The lowest BCUT2D eigenvalue weighted by Gasteiger charge is -2.26. The van der Waals surface area contributed by atoms with Crippen molar-refractivity contribution in [3.63, 3.8) is 0 Å². The highest BCUT2D eigenvalue weighted by atomic mass is 16.6. The molecule has 2 aliphatic heterocycles. The molecule has 4 rings (SSSR count). The summed E-state index contributed by atoms with van der Waals surface area (Å²) in [6.07, 6.45) is 5.02. The van der Waals surface area contributed by atoms with Crippen molar-refractivity contribution in [2.45, 2.75) is 25.8 Å². The summed E-state index contributed by atoms with van der Waals surface area (Å²) in [4.78, 5) is 39.5. The number of pyridine rings is 1. The van der Waals surface area contributed by atoms with E-state index in [2.05, 4.69) is 20.2 Å². The summed E-state index contributed by atoms with van der Waals surface area (Å²) in [7, 11) is 4.09. The van der Waals surface area contributed by atoms with Crippen LogP contribution in [0, 0.1) is 0 Å². The first-order chi connectivity index (χ1) is 17.9. The number of guanidine groups is 1. The van der Waals surface area contributed by atoms with E-state index in [9.17, 15) is 9.59 Å². The summed E-state index contributed by atoms with van der Waals surface area (Å²) in [5.41, 5.74) is 9.51. The van der Waals surface area contributed by atoms with Gasteiger partial charge in [0.1, 0.15) is 0 Å². The van der Waals surface area contributed by atoms with Gasteiger partial charge in [-0.05, 0) is 75.8 Å². The van der Waals surface area contributed by atoms with Gasteiger partial charge in [-0.1, -0.05) is 6.08 Å². The third-order valence-corrected chi connectivity index (χ3v) is 6.68. The number of hydrogen-bond acceptors (Lipinski definition) is 6. The SMILES string of the molecule is CCOC(=O)N1CC=C(c2cccnc2N=C(N)Nc2ccc(C(=O)N3CC[C@H](N(C)C)C3)cc2)CC1. The lowest BCUT2D eigenvalue weighted by molar-refractivity contribution is 0.0783. The number of likely N-dealkylation sites (N-methyl/N-ethyl adjacent to an activating group) is 1. The number of rotatable bonds is 6. The molecule has 3 heterocycles. The summed E-state index contributed by atoms with van der Waals surface area (Å²) in [6, 6.07) is 11.4. The van der Waals surface area contributed by atoms with E-state index in [0.29, 0.717) is 43.5 Å². The van der Waals surface area contributed by atoms with Gasteiger partial charge in [0.25, 0.3) is 5.91 Å². The van der Waals surface area contributed by atoms with E-state index < -0.39 is 0 Å². The van der Waals surface area contributed by atoms with Crippen LogP contribution in [0.3, 0.4) is 0 Å². The molecule has 0 aliphatic carbocycles. The molecule has 1 fully saturated rings. The van der Waals surface area contributed by atoms with Crippen LogP contribution in [-0.4, -0.2) is 90.6 Å². The van der Waals surface area contributed by atoms with Gasteiger partial charge in [-0.2, -0.15) is 4.99 Å². The summed E-state index contributed by atoms with van der Waals surface area (Å²) >= 11 is 0. The molecule has 1 atom stereocenters. The number of anilines is 1. The van der Waals surface area contributed by atoms with Crippen LogP contribution in [0.2, 0.25) is 0 Å². The van der Waals surface area contributed by atoms with Gasteiger partial charge >= 0.3 is 6.09 Å². The van der Waals surface area contributed by atoms with E-state index >= 15 is 0 Å². The van der Waals surface area contributed by atoms with E-state index in [1.807, 2.05) is 49.3 Å². The van der Waals surface area contributed by atoms with Gasteiger partial charge in [0.05, 0.1) is 6.61 Å². The van der Waals surface area contributed by atoms with Gasteiger partial charge in [-0.25, -0.2) is 9.78 Å². The molecular formula is C27H35N7O3. The van der Waals surface area contributed by atoms with Crippen LogP contribution in [0.25, 0.3) is 5.57 Å². The topological polar surface area (TPSA) is 116 Å². The summed E-state index contributed by atoms with van der Waals surface area (Å²) < 4.78 is 5.09. The van der Waals surface area contributed by atoms with Crippen molar-refractivity contribution in [3.8, 4) is 0 Å². The number of nitrogens with two attached hydrogens (primary N) is 1. The lowest BCUT2D eigenvalue weighted by atomic mass is 10.0. The van der Waals surface area contributed by atoms with Crippen molar-refractivity contribution in [1.29, 1.82) is 0 Å². The third-order valence-electron chi connectivity index (χ3n) is 6.68. The largest absolute Gasteiger partial charge is 0.450 e. The molecule has 10 nitrogen and oxygen atoms in total. The van der Waals surface area contributed by atoms with Crippen LogP contribution in [0.5, 0.6) is 0 Å². The third kappa shape index (κ3) is 6.45. The molecule has 1 aromatic heterocycles. The predicted molar refractivity (Wildman–Crippen MR) is 145 cm³/mol. The predicted octanol–water partition coefficient (Wildman–Crippen LogP) is 3.16. The van der Waals surface area contributed by atoms with Gasteiger partial charge < -0.3 is 30.5 Å². The maximum atomic E-state index is 12.9. The van der Waals surface area contributed by atoms with Crippen molar-refractivity contribution in [2.24, 2.45) is 10.7 Å². The van der Waals surface area contributed by atoms with Crippen molar-refractivity contribution in [1.82, 2.24) is 19.7 Å². The fourth-order valence-electron chi connectivity index (χ4n) is 4.55. The molecule has 0 saturated carbocycles. The number of benzene rings is 1. The standard InChI is InChI=1S/C27H35N7O3/c1-4-37-27(36)33-15-11-19(12-16-33)23-6-5-14-29-24(23)31-26(28)30-21-9-7-20(8-10-21)25(35)34-17-13-22(18-34)32(2)3/h5-11,14,22H,4,12-13,15-18H2,1-3H3,(H3,28,29,30,31)/t22-/m0/s1. The number of likely N-dealkylation sites (tertiary alicyclic amines) is 1. The van der Waals surface area contributed by atoms with Gasteiger partial charge in [0, 0.05) is 55.2 Å². The zero-order chi connectivity index (χ0) is 26.4. The molecule has 2 aromatic rings. The Morgan fingerprint density at radius 1 is 1.19 bits per heavy atom. The van der Waals surface area contributed by atoms with E-state index in [1.54, 1.807) is 30.2 Å². The molecule has 0 radical (unpaired) electrons. The summed E-state index contributed by atoms with van der Waals surface area (Å²) in [6.45, 7) is 4.70. The van der Waals surface area contributed by atoms with Crippen molar-refractivity contribution in [2.75, 3.05) is 52.2 Å². The first-order valence-electron chi connectivity index (χ1n) is 12.6. The molecule has 3 N–H and O–H groups in total. The molecule has 2 amide bonds. The first kappa shape index (κ1) is 26.2. The van der Waals surface area contributed by atoms with Gasteiger partial charge in [-0.3, -0.25) is 4.79 Å². The minimum absolute atomic E-state index is 0.0398. The minimum Gasteiger partial charge on any atom is -0.450 e. The molecule has 1 aromatic carbocycles. The highest BCUT2D eigenvalue weighted by molar-refractivity contribution is 5.97. The smallest absolute Gasteiger partial charge is 0.410 e. The Balaban J connectivity index is 1.40. The quantitative estimate of drug-likeness (QED) is 0.458. The Kier molecular flexibility index (Phi) is 8.39. The average molecular weight is 506 g/mol. The second-order valence-electron chi connectivity index (χ2n) is 9.36. The van der Waals surface area contributed by atoms with E-state index in [1.165, 1.54) is 0 Å². The fourth-order valence-corrected chi connectivity index (χ4v) is 4.55. The van der Waals surface area contributed by atoms with Gasteiger partial charge in [0.2, 0.25) is 0 Å². The number of carbonyl (C=O) groups is 2. The molecule has 0 bridgehead atoms. The number of hydrogen-bond donors (Lipinski definition) is 2. The average Bonchev–Trinajstić information content (AvgIpc) is 3.40. The summed E-state index contributed by atoms with van der Waals surface area (Å²) in [5.74, 6) is 0.731. The Morgan fingerprint density at radius 3 is 2.62 bits per heavy atom. The molecule has 10 heteroatoms. The molecule has 0 spiro atoms. The van der Waals surface area contributed by atoms with Crippen molar-refractivity contribution in [3.05, 3.63) is 59.8 Å². The normalized spacial score (nSPS) is 18.1. The zero-order valence-corrected chi connectivity index (χ0v) is 21.7. The van der Waals surface area contributed by atoms with E-state index in [4.69, 9.17) is 10.5 Å². The second-order valence-corrected chi connectivity index (χ2v) is 9.36. The number of carbonyl (C=O) groups excluding carboxylic acids is 2. The Morgan fingerprint density at radius 2 is 1.97 bits per heavy atom. The van der Waals surface area contributed by atoms with Crippen LogP contribution in [0.15, 0.2) is 53.7 Å². The maximum Gasteiger partial charge on any atom is 0.410 e. The Hall–Kier alpha value is -3.92. The van der Waals surface area contributed by atoms with E-state index in [0.717, 1.165) is 36.3 Å². The Labute approximate surface area is 217 Å². The number of nitrogens with one attached hydrogen (secondary N) is 1. The molecule has 37 heavy (non-hydrogen) atoms. The monoisotopic (exact) mass is 505 g/mol. The fraction of sp³-hybridized carbons (Fsp3) is 0.407. The molecule has 0 unspecified atom stereocenters. The number of amides is 2. The van der Waals surface area contributed by atoms with Crippen molar-refractivity contribution < 1.29 is 14.3 Å². The number of nitrogens with zero attached hydrogens (tertiary/aromatic N) is 5. The molecule has 2 aliphatic rings. The lowest BCUT2D eigenvalue weighted by Crippen LogP contribution is -2.35. The van der Waals surface area contributed by atoms with Crippen LogP contribution >= 0.6 is 0 Å². The minimum atomic E-state index is -0.304. The highest BCUT2D eigenvalue weighted by Crippen LogP contribution is 2.29. The maximum absolute atomic E-state index is 12.9. The molecule has 196 valence electrons. The van der Waals surface area contributed by atoms with Gasteiger partial charge in [-0.15, -0.1) is 0 Å². The number of aromatic nitrogens is 1. The van der Waals surface area contributed by atoms with Crippen LogP contribution in [-0.2, 0) is 4.74 Å². The van der Waals surface area contributed by atoms with E-state index in [-0.39, 0.29) is 18.0 Å². The number of aliphatic imine (C=N–C) groups is 1. The molecule has 1 saturated heterocycles. The van der Waals surface area contributed by atoms with Gasteiger partial charge in [0.15, 0.2) is 11.8 Å².